The number of hydrogen-bond acceptors (Lipinski definition) is 6. The second kappa shape index (κ2) is 10.6. The normalized spacial score (nSPS) is 12.5. The van der Waals surface area contributed by atoms with Crippen LogP contribution in [0.5, 0.6) is 0 Å². The van der Waals surface area contributed by atoms with Crippen LogP contribution in [0.4, 0.5) is 9.39 Å². The number of likely N-dealkylation sites (N-methyl/N-ethyl adjacent to an activating group) is 1. The first-order valence-corrected chi connectivity index (χ1v) is 11.8. The fourth-order valence-electron chi connectivity index (χ4n) is 3.80. The van der Waals surface area contributed by atoms with Gasteiger partial charge in [0.15, 0.2) is 6.61 Å². The summed E-state index contributed by atoms with van der Waals surface area (Å²) in [6, 6.07) is 9.16. The maximum atomic E-state index is 13.1. The molecule has 2 amide bonds. The number of aryl methyl sites for hydroxylation is 1. The highest BCUT2D eigenvalue weighted by Crippen LogP contribution is 2.38. The summed E-state index contributed by atoms with van der Waals surface area (Å²) in [6.07, 6.45) is 6.55. The zero-order valence-corrected chi connectivity index (χ0v) is 19.5. The lowest BCUT2D eigenvalue weighted by atomic mass is 9.95. The number of benzene rings is 1. The largest absolute Gasteiger partial charge is 0.452 e. The van der Waals surface area contributed by atoms with E-state index in [0.717, 1.165) is 41.7 Å². The first-order valence-electron chi connectivity index (χ1n) is 10.9. The minimum Gasteiger partial charge on any atom is -0.452 e. The molecule has 2 aromatic heterocycles. The minimum absolute atomic E-state index is 0.261. The number of thiophene rings is 1. The van der Waals surface area contributed by atoms with Gasteiger partial charge >= 0.3 is 5.97 Å². The lowest BCUT2D eigenvalue weighted by Gasteiger charge is -2.18. The van der Waals surface area contributed by atoms with E-state index < -0.39 is 12.6 Å². The van der Waals surface area contributed by atoms with Gasteiger partial charge in [-0.1, -0.05) is 12.1 Å². The highest BCUT2D eigenvalue weighted by atomic mass is 32.1. The molecule has 0 saturated heterocycles. The second-order valence-corrected chi connectivity index (χ2v) is 9.17. The quantitative estimate of drug-likeness (QED) is 0.510. The monoisotopic (exact) mass is 481 g/mol. The lowest BCUT2D eigenvalue weighted by molar-refractivity contribution is -0.133. The predicted octanol–water partition coefficient (Wildman–Crippen LogP) is 4.23. The number of anilines is 1. The number of nitrogens with zero attached hydrogens (tertiary/aromatic N) is 2. The summed E-state index contributed by atoms with van der Waals surface area (Å²) in [5.74, 6) is -1.74. The molecule has 34 heavy (non-hydrogen) atoms. The predicted molar refractivity (Wildman–Crippen MR) is 126 cm³/mol. The van der Waals surface area contributed by atoms with Gasteiger partial charge in [-0.25, -0.2) is 9.18 Å². The van der Waals surface area contributed by atoms with Gasteiger partial charge in [0.25, 0.3) is 11.8 Å². The van der Waals surface area contributed by atoms with Crippen LogP contribution >= 0.6 is 11.3 Å². The Morgan fingerprint density at radius 3 is 2.65 bits per heavy atom. The van der Waals surface area contributed by atoms with Crippen molar-refractivity contribution in [3.05, 3.63) is 81.7 Å². The smallest absolute Gasteiger partial charge is 0.341 e. The van der Waals surface area contributed by atoms with E-state index in [1.807, 2.05) is 0 Å². The van der Waals surface area contributed by atoms with Gasteiger partial charge in [-0.2, -0.15) is 0 Å². The van der Waals surface area contributed by atoms with Crippen molar-refractivity contribution in [2.45, 2.75) is 32.2 Å². The van der Waals surface area contributed by atoms with Crippen LogP contribution in [0.1, 0.15) is 49.6 Å². The summed E-state index contributed by atoms with van der Waals surface area (Å²) < 4.78 is 18.5. The third-order valence-corrected chi connectivity index (χ3v) is 6.82. The Bertz CT molecular complexity index is 1190. The highest BCUT2D eigenvalue weighted by Gasteiger charge is 2.28. The van der Waals surface area contributed by atoms with Gasteiger partial charge in [-0.05, 0) is 61.1 Å². The van der Waals surface area contributed by atoms with Crippen LogP contribution in [0.15, 0.2) is 48.8 Å². The number of carbonyl (C=O) groups excluding carboxylic acids is 3. The van der Waals surface area contributed by atoms with Gasteiger partial charge in [-0.3, -0.25) is 14.6 Å². The van der Waals surface area contributed by atoms with Gasteiger partial charge in [0.1, 0.15) is 10.8 Å². The summed E-state index contributed by atoms with van der Waals surface area (Å²) in [7, 11) is 1.59. The molecular weight excluding hydrogens is 457 g/mol. The Balaban J connectivity index is 1.45. The van der Waals surface area contributed by atoms with Crippen LogP contribution in [-0.2, 0) is 28.9 Å². The summed E-state index contributed by atoms with van der Waals surface area (Å²) in [4.78, 5) is 44.7. The van der Waals surface area contributed by atoms with Crippen molar-refractivity contribution >= 4 is 34.1 Å². The zero-order valence-electron chi connectivity index (χ0n) is 18.7. The van der Waals surface area contributed by atoms with Crippen molar-refractivity contribution < 1.29 is 23.5 Å². The molecule has 1 aliphatic carbocycles. The fourth-order valence-corrected chi connectivity index (χ4v) is 5.08. The highest BCUT2D eigenvalue weighted by molar-refractivity contribution is 7.17. The van der Waals surface area contributed by atoms with Crippen LogP contribution < -0.4 is 5.32 Å². The number of esters is 1. The number of halogens is 1. The van der Waals surface area contributed by atoms with E-state index in [2.05, 4.69) is 10.3 Å². The molecule has 0 bridgehead atoms. The van der Waals surface area contributed by atoms with E-state index >= 15 is 0 Å². The first-order chi connectivity index (χ1) is 16.4. The molecule has 4 rings (SSSR count). The molecular formula is C25H24FN3O4S. The van der Waals surface area contributed by atoms with Gasteiger partial charge in [-0.15, -0.1) is 11.3 Å². The third-order valence-electron chi connectivity index (χ3n) is 5.61. The molecule has 0 aliphatic heterocycles. The third kappa shape index (κ3) is 5.48. The summed E-state index contributed by atoms with van der Waals surface area (Å²) >= 11 is 1.38. The number of rotatable bonds is 7. The summed E-state index contributed by atoms with van der Waals surface area (Å²) in [6.45, 7) is -0.173. The number of hydrogen-bond donors (Lipinski definition) is 1. The van der Waals surface area contributed by atoms with Gasteiger partial charge < -0.3 is 15.0 Å². The molecule has 9 heteroatoms. The van der Waals surface area contributed by atoms with Crippen LogP contribution in [-0.4, -0.2) is 41.3 Å². The van der Waals surface area contributed by atoms with Crippen LogP contribution in [0, 0.1) is 5.82 Å². The summed E-state index contributed by atoms with van der Waals surface area (Å²) in [5.41, 5.74) is 2.35. The van der Waals surface area contributed by atoms with Crippen molar-refractivity contribution in [2.24, 2.45) is 0 Å². The number of carbonyl (C=O) groups is 3. The molecule has 1 aliphatic rings. The Kier molecular flexibility index (Phi) is 7.32. The Hall–Kier alpha value is -3.59. The molecule has 176 valence electrons. The molecule has 7 nitrogen and oxygen atoms in total. The van der Waals surface area contributed by atoms with Crippen LogP contribution in [0.25, 0.3) is 0 Å². The molecule has 0 fully saturated rings. The molecule has 1 aromatic carbocycles. The molecule has 0 radical (unpaired) electrons. The van der Waals surface area contributed by atoms with Gasteiger partial charge in [0, 0.05) is 30.9 Å². The number of fused-ring (bicyclic) bond motifs is 1. The van der Waals surface area contributed by atoms with Crippen LogP contribution in [0.2, 0.25) is 0 Å². The van der Waals surface area contributed by atoms with Crippen molar-refractivity contribution in [1.82, 2.24) is 9.88 Å². The number of amides is 2. The molecule has 0 unspecified atom stereocenters. The molecule has 3 aromatic rings. The molecule has 0 saturated carbocycles. The standard InChI is InChI=1S/C25H24FN3O4S/c1-29(14-16-8-10-18(26)11-9-16)21(30)15-33-25(32)22-19-6-2-3-7-20(19)34-24(22)28-23(31)17-5-4-12-27-13-17/h4-5,8-13H,2-3,6-7,14-15H2,1H3,(H,28,31). The van der Waals surface area contributed by atoms with E-state index in [1.165, 1.54) is 34.6 Å². The maximum absolute atomic E-state index is 13.1. The molecule has 2 heterocycles. The lowest BCUT2D eigenvalue weighted by Crippen LogP contribution is -2.31. The summed E-state index contributed by atoms with van der Waals surface area (Å²) in [5, 5.41) is 3.25. The van der Waals surface area contributed by atoms with Crippen molar-refractivity contribution in [1.29, 1.82) is 0 Å². The average Bonchev–Trinajstić information content (AvgIpc) is 3.22. The Morgan fingerprint density at radius 1 is 1.15 bits per heavy atom. The number of nitrogens with one attached hydrogen (secondary N) is 1. The molecule has 0 atom stereocenters. The van der Waals surface area contributed by atoms with Crippen molar-refractivity contribution in [3.63, 3.8) is 0 Å². The SMILES string of the molecule is CN(Cc1ccc(F)cc1)C(=O)COC(=O)c1c(NC(=O)c2cccnc2)sc2c1CCCC2. The van der Waals surface area contributed by atoms with E-state index in [1.54, 1.807) is 37.5 Å². The van der Waals surface area contributed by atoms with Crippen LogP contribution in [0.3, 0.4) is 0 Å². The van der Waals surface area contributed by atoms with Crippen molar-refractivity contribution in [2.75, 3.05) is 19.0 Å². The number of ether oxygens (including phenoxy) is 1. The van der Waals surface area contributed by atoms with Gasteiger partial charge in [0.2, 0.25) is 0 Å². The minimum atomic E-state index is -0.635. The van der Waals surface area contributed by atoms with E-state index in [4.69, 9.17) is 4.74 Å². The Morgan fingerprint density at radius 2 is 1.91 bits per heavy atom. The number of aromatic nitrogens is 1. The topological polar surface area (TPSA) is 88.6 Å². The van der Waals surface area contributed by atoms with E-state index in [9.17, 15) is 18.8 Å². The zero-order chi connectivity index (χ0) is 24.1. The second-order valence-electron chi connectivity index (χ2n) is 8.06. The fraction of sp³-hybridized carbons (Fsp3) is 0.280. The average molecular weight is 482 g/mol. The first kappa shape index (κ1) is 23.6. The Labute approximate surface area is 200 Å². The molecule has 1 N–H and O–H groups in total. The number of pyridine rings is 1. The molecule has 0 spiro atoms. The van der Waals surface area contributed by atoms with E-state index in [0.29, 0.717) is 16.1 Å². The maximum Gasteiger partial charge on any atom is 0.341 e. The van der Waals surface area contributed by atoms with Gasteiger partial charge in [0.05, 0.1) is 11.1 Å². The van der Waals surface area contributed by atoms with E-state index in [-0.39, 0.29) is 24.2 Å². The van der Waals surface area contributed by atoms with Crippen molar-refractivity contribution in [3.8, 4) is 0 Å².